The second kappa shape index (κ2) is 7.55. The van der Waals surface area contributed by atoms with Crippen LogP contribution in [0.4, 0.5) is 10.7 Å². The van der Waals surface area contributed by atoms with Crippen molar-refractivity contribution in [1.29, 1.82) is 0 Å². The number of rotatable bonds is 5. The van der Waals surface area contributed by atoms with E-state index in [9.17, 15) is 19.7 Å². The maximum atomic E-state index is 12.6. The van der Waals surface area contributed by atoms with E-state index < -0.39 is 16.8 Å². The highest BCUT2D eigenvalue weighted by Gasteiger charge is 2.22. The number of aryl methyl sites for hydroxylation is 1. The molecule has 0 unspecified atom stereocenters. The van der Waals surface area contributed by atoms with Crippen LogP contribution in [0.3, 0.4) is 0 Å². The molecule has 0 bridgehead atoms. The van der Waals surface area contributed by atoms with Crippen molar-refractivity contribution >= 4 is 44.0 Å². The van der Waals surface area contributed by atoms with E-state index in [1.54, 1.807) is 19.9 Å². The van der Waals surface area contributed by atoms with Crippen molar-refractivity contribution in [2.45, 2.75) is 13.8 Å². The van der Waals surface area contributed by atoms with E-state index >= 15 is 0 Å². The first-order chi connectivity index (χ1) is 12.9. The SMILES string of the molecule is CCOC(=O)c1c(NC(=O)c2ccc([N+](=O)[O-])c(C)c2)sc2ccccc12. The number of nitro groups is 1. The number of hydrogen-bond acceptors (Lipinski definition) is 6. The van der Waals surface area contributed by atoms with Crippen LogP contribution in [0, 0.1) is 17.0 Å². The normalized spacial score (nSPS) is 10.6. The summed E-state index contributed by atoms with van der Waals surface area (Å²) >= 11 is 1.27. The van der Waals surface area contributed by atoms with E-state index in [2.05, 4.69) is 5.32 Å². The summed E-state index contributed by atoms with van der Waals surface area (Å²) in [6, 6.07) is 11.4. The number of carbonyl (C=O) groups is 2. The molecular weight excluding hydrogens is 368 g/mol. The average molecular weight is 384 g/mol. The Bertz CT molecular complexity index is 1060. The molecule has 0 atom stereocenters. The van der Waals surface area contributed by atoms with Gasteiger partial charge in [-0.15, -0.1) is 11.3 Å². The van der Waals surface area contributed by atoms with Crippen LogP contribution in [0.25, 0.3) is 10.1 Å². The van der Waals surface area contributed by atoms with Crippen LogP contribution in [0.15, 0.2) is 42.5 Å². The van der Waals surface area contributed by atoms with Crippen molar-refractivity contribution in [2.24, 2.45) is 0 Å². The Kier molecular flexibility index (Phi) is 5.18. The molecule has 1 amide bonds. The standard InChI is InChI=1S/C19H16N2O5S/c1-3-26-19(23)16-13-6-4-5-7-15(13)27-18(16)20-17(22)12-8-9-14(21(24)25)11(2)10-12/h4-10H,3H2,1-2H3,(H,20,22). The van der Waals surface area contributed by atoms with Crippen molar-refractivity contribution in [3.8, 4) is 0 Å². The monoisotopic (exact) mass is 384 g/mol. The number of ether oxygens (including phenoxy) is 1. The maximum Gasteiger partial charge on any atom is 0.341 e. The van der Waals surface area contributed by atoms with Crippen molar-refractivity contribution < 1.29 is 19.2 Å². The summed E-state index contributed by atoms with van der Waals surface area (Å²) in [5.74, 6) is -0.963. The molecule has 0 spiro atoms. The zero-order chi connectivity index (χ0) is 19.6. The molecule has 1 heterocycles. The number of fused-ring (bicyclic) bond motifs is 1. The van der Waals surface area contributed by atoms with E-state index in [0.717, 1.165) is 4.70 Å². The molecule has 0 fully saturated rings. The first-order valence-electron chi connectivity index (χ1n) is 8.17. The fourth-order valence-corrected chi connectivity index (χ4v) is 3.80. The van der Waals surface area contributed by atoms with Crippen LogP contribution < -0.4 is 5.32 Å². The first kappa shape index (κ1) is 18.5. The Morgan fingerprint density at radius 2 is 1.96 bits per heavy atom. The Labute approximate surface area is 158 Å². The van der Waals surface area contributed by atoms with Crippen LogP contribution in [-0.4, -0.2) is 23.4 Å². The molecule has 1 aromatic heterocycles. The lowest BCUT2D eigenvalue weighted by Crippen LogP contribution is -2.14. The quantitative estimate of drug-likeness (QED) is 0.395. The average Bonchev–Trinajstić information content (AvgIpc) is 2.99. The van der Waals surface area contributed by atoms with E-state index in [0.29, 0.717) is 21.5 Å². The molecule has 3 rings (SSSR count). The van der Waals surface area contributed by atoms with Gasteiger partial charge >= 0.3 is 5.97 Å². The number of nitrogens with one attached hydrogen (secondary N) is 1. The summed E-state index contributed by atoms with van der Waals surface area (Å²) in [6.45, 7) is 3.50. The largest absolute Gasteiger partial charge is 0.462 e. The fraction of sp³-hybridized carbons (Fsp3) is 0.158. The third-order valence-corrected chi connectivity index (χ3v) is 5.04. The molecule has 0 aliphatic heterocycles. The lowest BCUT2D eigenvalue weighted by Gasteiger charge is -2.07. The molecule has 138 valence electrons. The van der Waals surface area contributed by atoms with Gasteiger partial charge in [0.15, 0.2) is 0 Å². The number of nitro benzene ring substituents is 1. The van der Waals surface area contributed by atoms with Crippen LogP contribution >= 0.6 is 11.3 Å². The number of thiophene rings is 1. The molecule has 7 nitrogen and oxygen atoms in total. The van der Waals surface area contributed by atoms with Gasteiger partial charge in [0.2, 0.25) is 0 Å². The Balaban J connectivity index is 1.97. The molecule has 1 N–H and O–H groups in total. The molecule has 0 saturated heterocycles. The second-order valence-electron chi connectivity index (χ2n) is 5.74. The summed E-state index contributed by atoms with van der Waals surface area (Å²) in [6.07, 6.45) is 0. The van der Waals surface area contributed by atoms with Crippen molar-refractivity contribution in [2.75, 3.05) is 11.9 Å². The third kappa shape index (κ3) is 3.65. The summed E-state index contributed by atoms with van der Waals surface area (Å²) in [7, 11) is 0. The fourth-order valence-electron chi connectivity index (χ4n) is 2.72. The van der Waals surface area contributed by atoms with Crippen LogP contribution in [-0.2, 0) is 4.74 Å². The van der Waals surface area contributed by atoms with Crippen molar-refractivity contribution in [1.82, 2.24) is 0 Å². The van der Waals surface area contributed by atoms with Crippen LogP contribution in [0.2, 0.25) is 0 Å². The van der Waals surface area contributed by atoms with E-state index in [1.807, 2.05) is 18.2 Å². The van der Waals surface area contributed by atoms with Gasteiger partial charge in [-0.3, -0.25) is 14.9 Å². The van der Waals surface area contributed by atoms with Gasteiger partial charge in [-0.25, -0.2) is 4.79 Å². The molecule has 27 heavy (non-hydrogen) atoms. The zero-order valence-corrected chi connectivity index (χ0v) is 15.5. The number of esters is 1. The van der Waals surface area contributed by atoms with Gasteiger partial charge in [0.1, 0.15) is 10.6 Å². The van der Waals surface area contributed by atoms with Gasteiger partial charge < -0.3 is 10.1 Å². The number of anilines is 1. The second-order valence-corrected chi connectivity index (χ2v) is 6.79. The molecular formula is C19H16N2O5S. The van der Waals surface area contributed by atoms with Crippen molar-refractivity contribution in [3.05, 3.63) is 69.3 Å². The van der Waals surface area contributed by atoms with E-state index in [1.165, 1.54) is 29.5 Å². The van der Waals surface area contributed by atoms with Gasteiger partial charge in [-0.2, -0.15) is 0 Å². The van der Waals surface area contributed by atoms with Gasteiger partial charge in [0, 0.05) is 27.3 Å². The highest BCUT2D eigenvalue weighted by Crippen LogP contribution is 2.36. The molecule has 0 saturated carbocycles. The predicted molar refractivity (Wildman–Crippen MR) is 104 cm³/mol. The lowest BCUT2D eigenvalue weighted by atomic mass is 10.1. The summed E-state index contributed by atoms with van der Waals surface area (Å²) < 4.78 is 5.97. The first-order valence-corrected chi connectivity index (χ1v) is 8.99. The van der Waals surface area contributed by atoms with Crippen LogP contribution in [0.1, 0.15) is 33.2 Å². The Morgan fingerprint density at radius 1 is 1.22 bits per heavy atom. The van der Waals surface area contributed by atoms with E-state index in [-0.39, 0.29) is 17.9 Å². The minimum Gasteiger partial charge on any atom is -0.462 e. The number of amides is 1. The van der Waals surface area contributed by atoms with Crippen LogP contribution in [0.5, 0.6) is 0 Å². The van der Waals surface area contributed by atoms with E-state index in [4.69, 9.17) is 4.74 Å². The Morgan fingerprint density at radius 3 is 2.63 bits per heavy atom. The highest BCUT2D eigenvalue weighted by atomic mass is 32.1. The highest BCUT2D eigenvalue weighted by molar-refractivity contribution is 7.23. The van der Waals surface area contributed by atoms with Gasteiger partial charge in [0.25, 0.3) is 11.6 Å². The minimum absolute atomic E-state index is 0.0550. The summed E-state index contributed by atoms with van der Waals surface area (Å²) in [4.78, 5) is 35.5. The van der Waals surface area contributed by atoms with Gasteiger partial charge in [0.05, 0.1) is 11.5 Å². The Hall–Kier alpha value is -3.26. The maximum absolute atomic E-state index is 12.6. The number of benzene rings is 2. The number of carbonyl (C=O) groups excluding carboxylic acids is 2. The summed E-state index contributed by atoms with van der Waals surface area (Å²) in [5, 5.41) is 14.8. The van der Waals surface area contributed by atoms with Gasteiger partial charge in [-0.05, 0) is 32.0 Å². The topological polar surface area (TPSA) is 98.5 Å². The molecule has 2 aromatic carbocycles. The number of nitrogens with zero attached hydrogens (tertiary/aromatic N) is 1. The molecule has 0 aliphatic rings. The molecule has 3 aromatic rings. The van der Waals surface area contributed by atoms with Crippen molar-refractivity contribution in [3.63, 3.8) is 0 Å². The summed E-state index contributed by atoms with van der Waals surface area (Å²) in [5.41, 5.74) is 0.907. The molecule has 8 heteroatoms. The molecule has 0 aliphatic carbocycles. The third-order valence-electron chi connectivity index (χ3n) is 3.96. The smallest absolute Gasteiger partial charge is 0.341 e. The number of hydrogen-bond donors (Lipinski definition) is 1. The lowest BCUT2D eigenvalue weighted by molar-refractivity contribution is -0.385. The predicted octanol–water partition coefficient (Wildman–Crippen LogP) is 4.55. The minimum atomic E-state index is -0.509. The van der Waals surface area contributed by atoms with Gasteiger partial charge in [-0.1, -0.05) is 18.2 Å². The molecule has 0 radical (unpaired) electrons. The zero-order valence-electron chi connectivity index (χ0n) is 14.6.